The van der Waals surface area contributed by atoms with Crippen LogP contribution in [0.5, 0.6) is 0 Å². The third kappa shape index (κ3) is 4.66. The van der Waals surface area contributed by atoms with Crippen LogP contribution in [-0.4, -0.2) is 18.4 Å². The van der Waals surface area contributed by atoms with Crippen LogP contribution in [0.15, 0.2) is 46.9 Å². The van der Waals surface area contributed by atoms with Crippen LogP contribution in [0.2, 0.25) is 0 Å². The summed E-state index contributed by atoms with van der Waals surface area (Å²) >= 11 is 3.36. The van der Waals surface area contributed by atoms with E-state index in [-0.39, 0.29) is 18.4 Å². The predicted octanol–water partition coefficient (Wildman–Crippen LogP) is 4.06. The van der Waals surface area contributed by atoms with Gasteiger partial charge in [0.05, 0.1) is 0 Å². The van der Waals surface area contributed by atoms with Crippen LogP contribution in [0.3, 0.4) is 0 Å². The van der Waals surface area contributed by atoms with Gasteiger partial charge in [-0.3, -0.25) is 9.59 Å². The SMILES string of the molecule is CC(=O)N(CC(=O)Nc1cccc(Br)c1)c1ccc(C)cc1C. The first kappa shape index (κ1) is 17.2. The van der Waals surface area contributed by atoms with E-state index < -0.39 is 0 Å². The molecule has 23 heavy (non-hydrogen) atoms. The highest BCUT2D eigenvalue weighted by molar-refractivity contribution is 9.10. The molecule has 0 saturated carbocycles. The van der Waals surface area contributed by atoms with Gasteiger partial charge in [-0.15, -0.1) is 0 Å². The highest BCUT2D eigenvalue weighted by Crippen LogP contribution is 2.22. The van der Waals surface area contributed by atoms with Crippen molar-refractivity contribution in [1.29, 1.82) is 0 Å². The number of amides is 2. The molecule has 0 unspecified atom stereocenters. The zero-order chi connectivity index (χ0) is 17.0. The third-order valence-corrected chi connectivity index (χ3v) is 3.93. The van der Waals surface area contributed by atoms with Crippen molar-refractivity contribution < 1.29 is 9.59 Å². The average Bonchev–Trinajstić information content (AvgIpc) is 2.45. The summed E-state index contributed by atoms with van der Waals surface area (Å²) in [5, 5.41) is 2.81. The molecule has 0 spiro atoms. The third-order valence-electron chi connectivity index (χ3n) is 3.43. The number of carbonyl (C=O) groups is 2. The Labute approximate surface area is 144 Å². The van der Waals surface area contributed by atoms with Crippen LogP contribution in [-0.2, 0) is 9.59 Å². The minimum absolute atomic E-state index is 0.0221. The molecule has 0 saturated heterocycles. The lowest BCUT2D eigenvalue weighted by atomic mass is 10.1. The number of rotatable bonds is 4. The molecule has 0 aliphatic heterocycles. The van der Waals surface area contributed by atoms with Gasteiger partial charge in [0.1, 0.15) is 6.54 Å². The Morgan fingerprint density at radius 3 is 2.48 bits per heavy atom. The van der Waals surface area contributed by atoms with E-state index in [0.717, 1.165) is 21.3 Å². The minimum Gasteiger partial charge on any atom is -0.324 e. The van der Waals surface area contributed by atoms with Crippen LogP contribution in [0.4, 0.5) is 11.4 Å². The molecule has 4 nitrogen and oxygen atoms in total. The number of aryl methyl sites for hydroxylation is 2. The Morgan fingerprint density at radius 2 is 1.87 bits per heavy atom. The number of anilines is 2. The average molecular weight is 375 g/mol. The van der Waals surface area contributed by atoms with E-state index in [1.165, 1.54) is 11.8 Å². The summed E-state index contributed by atoms with van der Waals surface area (Å²) in [6.07, 6.45) is 0. The molecular formula is C18H19BrN2O2. The number of halogens is 1. The van der Waals surface area contributed by atoms with Crippen LogP contribution in [0, 0.1) is 13.8 Å². The van der Waals surface area contributed by atoms with Gasteiger partial charge in [0.25, 0.3) is 0 Å². The molecule has 2 amide bonds. The normalized spacial score (nSPS) is 10.3. The topological polar surface area (TPSA) is 49.4 Å². The highest BCUT2D eigenvalue weighted by atomic mass is 79.9. The van der Waals surface area contributed by atoms with Crippen LogP contribution < -0.4 is 10.2 Å². The lowest BCUT2D eigenvalue weighted by Gasteiger charge is -2.23. The maximum atomic E-state index is 12.3. The van der Waals surface area contributed by atoms with Crippen molar-refractivity contribution in [3.05, 3.63) is 58.1 Å². The number of nitrogens with zero attached hydrogens (tertiary/aromatic N) is 1. The van der Waals surface area contributed by atoms with Crippen LogP contribution in [0.25, 0.3) is 0 Å². The van der Waals surface area contributed by atoms with E-state index in [1.54, 1.807) is 6.07 Å². The van der Waals surface area contributed by atoms with Gasteiger partial charge in [-0.25, -0.2) is 0 Å². The van der Waals surface area contributed by atoms with E-state index in [4.69, 9.17) is 0 Å². The summed E-state index contributed by atoms with van der Waals surface area (Å²) < 4.78 is 0.883. The van der Waals surface area contributed by atoms with Gasteiger partial charge in [-0.1, -0.05) is 39.7 Å². The van der Waals surface area contributed by atoms with Gasteiger partial charge in [0, 0.05) is 22.8 Å². The summed E-state index contributed by atoms with van der Waals surface area (Å²) in [6.45, 7) is 5.37. The molecular weight excluding hydrogens is 356 g/mol. The van der Waals surface area contributed by atoms with Crippen molar-refractivity contribution in [2.24, 2.45) is 0 Å². The van der Waals surface area contributed by atoms with E-state index in [9.17, 15) is 9.59 Å². The molecule has 0 fully saturated rings. The minimum atomic E-state index is -0.238. The number of benzene rings is 2. The predicted molar refractivity (Wildman–Crippen MR) is 96.7 cm³/mol. The smallest absolute Gasteiger partial charge is 0.244 e. The fraction of sp³-hybridized carbons (Fsp3) is 0.222. The fourth-order valence-corrected chi connectivity index (χ4v) is 2.78. The molecule has 120 valence electrons. The lowest BCUT2D eigenvalue weighted by Crippen LogP contribution is -2.37. The molecule has 1 N–H and O–H groups in total. The number of nitrogens with one attached hydrogen (secondary N) is 1. The summed E-state index contributed by atoms with van der Waals surface area (Å²) in [4.78, 5) is 25.7. The Morgan fingerprint density at radius 1 is 1.13 bits per heavy atom. The molecule has 5 heteroatoms. The van der Waals surface area contributed by atoms with E-state index in [2.05, 4.69) is 21.2 Å². The molecule has 2 aromatic carbocycles. The lowest BCUT2D eigenvalue weighted by molar-refractivity contribution is -0.120. The van der Waals surface area contributed by atoms with Gasteiger partial charge in [-0.2, -0.15) is 0 Å². The maximum Gasteiger partial charge on any atom is 0.244 e. The standard InChI is InChI=1S/C18H19BrN2O2/c1-12-7-8-17(13(2)9-12)21(14(3)22)11-18(23)20-16-6-4-5-15(19)10-16/h4-10H,11H2,1-3H3,(H,20,23). The van der Waals surface area contributed by atoms with E-state index >= 15 is 0 Å². The second-order valence-corrected chi connectivity index (χ2v) is 6.37. The first-order valence-electron chi connectivity index (χ1n) is 7.27. The first-order chi connectivity index (χ1) is 10.9. The fourth-order valence-electron chi connectivity index (χ4n) is 2.38. The zero-order valence-corrected chi connectivity index (χ0v) is 15.0. The van der Waals surface area contributed by atoms with E-state index in [0.29, 0.717) is 5.69 Å². The quantitative estimate of drug-likeness (QED) is 0.876. The largest absolute Gasteiger partial charge is 0.324 e. The summed E-state index contributed by atoms with van der Waals surface area (Å²) in [7, 11) is 0. The first-order valence-corrected chi connectivity index (χ1v) is 8.07. The van der Waals surface area contributed by atoms with Crippen molar-refractivity contribution in [3.8, 4) is 0 Å². The van der Waals surface area contributed by atoms with Gasteiger partial charge < -0.3 is 10.2 Å². The summed E-state index contributed by atoms with van der Waals surface area (Å²) in [6, 6.07) is 13.1. The molecule has 0 aromatic heterocycles. The van der Waals surface area contributed by atoms with Crippen molar-refractivity contribution in [3.63, 3.8) is 0 Å². The molecule has 0 atom stereocenters. The monoisotopic (exact) mass is 374 g/mol. The highest BCUT2D eigenvalue weighted by Gasteiger charge is 2.17. The molecule has 0 radical (unpaired) electrons. The second-order valence-electron chi connectivity index (χ2n) is 5.45. The van der Waals surface area contributed by atoms with Crippen molar-refractivity contribution in [1.82, 2.24) is 0 Å². The van der Waals surface area contributed by atoms with Crippen molar-refractivity contribution in [2.45, 2.75) is 20.8 Å². The number of hydrogen-bond acceptors (Lipinski definition) is 2. The van der Waals surface area contributed by atoms with Crippen LogP contribution >= 0.6 is 15.9 Å². The number of hydrogen-bond donors (Lipinski definition) is 1. The maximum absolute atomic E-state index is 12.3. The number of carbonyl (C=O) groups excluding carboxylic acids is 2. The van der Waals surface area contributed by atoms with Crippen molar-refractivity contribution >= 4 is 39.1 Å². The van der Waals surface area contributed by atoms with Gasteiger partial charge in [-0.05, 0) is 43.7 Å². The summed E-state index contributed by atoms with van der Waals surface area (Å²) in [5.41, 5.74) is 3.53. The molecule has 2 aromatic rings. The van der Waals surface area contributed by atoms with Crippen molar-refractivity contribution in [2.75, 3.05) is 16.8 Å². The van der Waals surface area contributed by atoms with Crippen LogP contribution in [0.1, 0.15) is 18.1 Å². The molecule has 0 aliphatic carbocycles. The Kier molecular flexibility index (Phi) is 5.55. The van der Waals surface area contributed by atoms with Gasteiger partial charge in [0.15, 0.2) is 0 Å². The Balaban J connectivity index is 2.16. The second kappa shape index (κ2) is 7.42. The summed E-state index contributed by atoms with van der Waals surface area (Å²) in [5.74, 6) is -0.403. The molecule has 2 rings (SSSR count). The zero-order valence-electron chi connectivity index (χ0n) is 13.4. The van der Waals surface area contributed by atoms with Gasteiger partial charge in [0.2, 0.25) is 11.8 Å². The Bertz CT molecular complexity index is 744. The van der Waals surface area contributed by atoms with Gasteiger partial charge >= 0.3 is 0 Å². The molecule has 0 bridgehead atoms. The molecule has 0 aliphatic rings. The van der Waals surface area contributed by atoms with E-state index in [1.807, 2.05) is 50.2 Å². The molecule has 0 heterocycles. The Hall–Kier alpha value is -2.14.